The minimum atomic E-state index is 1.36. The van der Waals surface area contributed by atoms with E-state index in [2.05, 4.69) is 4.90 Å². The maximum Gasteiger partial charge on any atom is 0.0393 e. The van der Waals surface area contributed by atoms with Crippen LogP contribution in [0.5, 0.6) is 0 Å². The Morgan fingerprint density at radius 1 is 0.800 bits per heavy atom. The fourth-order valence-electron chi connectivity index (χ4n) is 2.13. The summed E-state index contributed by atoms with van der Waals surface area (Å²) in [6.45, 7) is 2.71. The molecule has 0 spiro atoms. The fraction of sp³-hybridized carbons (Fsp3) is 0.889. The van der Waals surface area contributed by atoms with Gasteiger partial charge in [0.05, 0.1) is 0 Å². The molecule has 2 aliphatic heterocycles. The topological polar surface area (TPSA) is 3.24 Å². The van der Waals surface area contributed by atoms with Crippen molar-refractivity contribution < 1.29 is 0 Å². The van der Waals surface area contributed by atoms with Crippen LogP contribution in [-0.2, 0) is 0 Å². The van der Waals surface area contributed by atoms with Gasteiger partial charge < -0.3 is 0 Å². The Morgan fingerprint density at radius 2 is 1.40 bits per heavy atom. The van der Waals surface area contributed by atoms with E-state index < -0.39 is 0 Å². The van der Waals surface area contributed by atoms with Gasteiger partial charge in [0, 0.05) is 6.04 Å². The predicted molar refractivity (Wildman–Crippen MR) is 42.5 cm³/mol. The van der Waals surface area contributed by atoms with Gasteiger partial charge in [0.15, 0.2) is 0 Å². The molecule has 2 rings (SSSR count). The van der Waals surface area contributed by atoms with Crippen LogP contribution in [-0.4, -0.2) is 18.0 Å². The van der Waals surface area contributed by atoms with Gasteiger partial charge in [-0.3, -0.25) is 4.90 Å². The highest BCUT2D eigenvalue weighted by atomic mass is 15.2. The molecule has 0 aliphatic carbocycles. The summed E-state index contributed by atoms with van der Waals surface area (Å²) in [5.41, 5.74) is 0. The molecule has 2 saturated heterocycles. The Balaban J connectivity index is 1.93. The number of hydrogen-bond donors (Lipinski definition) is 0. The van der Waals surface area contributed by atoms with E-state index in [1.54, 1.807) is 6.04 Å². The minimum Gasteiger partial charge on any atom is -0.296 e. The Bertz CT molecular complexity index is 85.3. The van der Waals surface area contributed by atoms with Crippen molar-refractivity contribution in [2.75, 3.05) is 13.1 Å². The molecular formula is C9H16N. The maximum atomic E-state index is 2.62. The molecule has 10 heavy (non-hydrogen) atoms. The highest BCUT2D eigenvalue weighted by Crippen LogP contribution is 2.31. The van der Waals surface area contributed by atoms with E-state index in [9.17, 15) is 0 Å². The Kier molecular flexibility index (Phi) is 1.94. The molecule has 0 N–H and O–H groups in total. The lowest BCUT2D eigenvalue weighted by molar-refractivity contribution is 0.185. The van der Waals surface area contributed by atoms with Crippen LogP contribution in [0.25, 0.3) is 0 Å². The lowest BCUT2D eigenvalue weighted by Crippen LogP contribution is -2.36. The molecular weight excluding hydrogens is 122 g/mol. The van der Waals surface area contributed by atoms with Crippen molar-refractivity contribution in [2.45, 2.75) is 38.5 Å². The van der Waals surface area contributed by atoms with Gasteiger partial charge in [0.2, 0.25) is 0 Å². The zero-order valence-electron chi connectivity index (χ0n) is 6.60. The van der Waals surface area contributed by atoms with Gasteiger partial charge in [0.1, 0.15) is 0 Å². The summed E-state index contributed by atoms with van der Waals surface area (Å²) in [5, 5.41) is 0. The first kappa shape index (κ1) is 6.66. The largest absolute Gasteiger partial charge is 0.296 e. The molecule has 0 aromatic rings. The van der Waals surface area contributed by atoms with E-state index in [0.717, 1.165) is 0 Å². The molecule has 0 aromatic carbocycles. The Labute approximate surface area is 63.4 Å². The van der Waals surface area contributed by atoms with Crippen LogP contribution in [0.3, 0.4) is 0 Å². The second-order valence-electron chi connectivity index (χ2n) is 3.47. The first-order valence-corrected chi connectivity index (χ1v) is 4.56. The smallest absolute Gasteiger partial charge is 0.0393 e. The van der Waals surface area contributed by atoms with Crippen molar-refractivity contribution in [3.8, 4) is 0 Å². The molecule has 1 heteroatoms. The first-order valence-electron chi connectivity index (χ1n) is 4.56. The third-order valence-corrected chi connectivity index (χ3v) is 2.73. The molecule has 0 atom stereocenters. The SMILES string of the molecule is C1CCN2CCCC[C]2C1. The van der Waals surface area contributed by atoms with Crippen LogP contribution < -0.4 is 0 Å². The third kappa shape index (κ3) is 1.20. The van der Waals surface area contributed by atoms with Crippen molar-refractivity contribution in [3.05, 3.63) is 6.04 Å². The van der Waals surface area contributed by atoms with Crippen molar-refractivity contribution >= 4 is 0 Å². The van der Waals surface area contributed by atoms with Gasteiger partial charge in [-0.05, 0) is 38.8 Å². The van der Waals surface area contributed by atoms with E-state index in [1.165, 1.54) is 51.6 Å². The highest BCUT2D eigenvalue weighted by molar-refractivity contribution is 4.95. The summed E-state index contributed by atoms with van der Waals surface area (Å²) in [5.74, 6) is 0. The van der Waals surface area contributed by atoms with E-state index in [0.29, 0.717) is 0 Å². The molecule has 0 unspecified atom stereocenters. The van der Waals surface area contributed by atoms with Gasteiger partial charge >= 0.3 is 0 Å². The summed E-state index contributed by atoms with van der Waals surface area (Å²) in [6.07, 6.45) is 8.57. The third-order valence-electron chi connectivity index (χ3n) is 2.73. The standard InChI is InChI=1S/C9H16N/c1-3-7-10-8-4-2-6-9(10)5-1/h1-8H2. The van der Waals surface area contributed by atoms with Crippen molar-refractivity contribution in [2.24, 2.45) is 0 Å². The summed E-state index contributed by atoms with van der Waals surface area (Å²) in [6, 6.07) is 1.76. The van der Waals surface area contributed by atoms with Crippen LogP contribution in [0.2, 0.25) is 0 Å². The molecule has 0 amide bonds. The highest BCUT2D eigenvalue weighted by Gasteiger charge is 2.24. The predicted octanol–water partition coefficient (Wildman–Crippen LogP) is 2.19. The number of rotatable bonds is 0. The number of nitrogens with zero attached hydrogens (tertiary/aromatic N) is 1. The van der Waals surface area contributed by atoms with Crippen LogP contribution in [0.15, 0.2) is 0 Å². The van der Waals surface area contributed by atoms with Crippen LogP contribution in [0.1, 0.15) is 38.5 Å². The average Bonchev–Trinajstić information content (AvgIpc) is 2.05. The molecule has 0 bridgehead atoms. The quantitative estimate of drug-likeness (QED) is 0.496. The second kappa shape index (κ2) is 2.91. The van der Waals surface area contributed by atoms with Crippen molar-refractivity contribution in [3.63, 3.8) is 0 Å². The normalized spacial score (nSPS) is 30.0. The molecule has 2 fully saturated rings. The Hall–Kier alpha value is -0.0400. The van der Waals surface area contributed by atoms with Gasteiger partial charge in [-0.25, -0.2) is 0 Å². The summed E-state index contributed by atoms with van der Waals surface area (Å²) < 4.78 is 0. The van der Waals surface area contributed by atoms with Crippen LogP contribution in [0, 0.1) is 6.04 Å². The second-order valence-corrected chi connectivity index (χ2v) is 3.47. The molecule has 2 aliphatic rings. The van der Waals surface area contributed by atoms with Gasteiger partial charge in [-0.2, -0.15) is 0 Å². The molecule has 0 aromatic heterocycles. The van der Waals surface area contributed by atoms with Crippen molar-refractivity contribution in [1.82, 2.24) is 4.90 Å². The van der Waals surface area contributed by atoms with E-state index in [-0.39, 0.29) is 0 Å². The molecule has 2 heterocycles. The summed E-state index contributed by atoms with van der Waals surface area (Å²) in [4.78, 5) is 2.62. The zero-order chi connectivity index (χ0) is 6.81. The minimum absolute atomic E-state index is 1.36. The van der Waals surface area contributed by atoms with Gasteiger partial charge in [-0.1, -0.05) is 12.8 Å². The number of fused-ring (bicyclic) bond motifs is 1. The molecule has 57 valence electrons. The monoisotopic (exact) mass is 138 g/mol. The lowest BCUT2D eigenvalue weighted by atomic mass is 9.93. The maximum absolute atomic E-state index is 2.62. The van der Waals surface area contributed by atoms with Gasteiger partial charge in [0.25, 0.3) is 0 Å². The fourth-order valence-corrected chi connectivity index (χ4v) is 2.13. The zero-order valence-corrected chi connectivity index (χ0v) is 6.60. The molecule has 1 nitrogen and oxygen atoms in total. The summed E-state index contributed by atoms with van der Waals surface area (Å²) >= 11 is 0. The first-order chi connectivity index (χ1) is 4.97. The lowest BCUT2D eigenvalue weighted by Gasteiger charge is -2.38. The number of piperidine rings is 2. The van der Waals surface area contributed by atoms with Crippen LogP contribution >= 0.6 is 0 Å². The van der Waals surface area contributed by atoms with Crippen molar-refractivity contribution in [1.29, 1.82) is 0 Å². The molecule has 1 radical (unpaired) electrons. The Morgan fingerprint density at radius 3 is 1.90 bits per heavy atom. The van der Waals surface area contributed by atoms with Crippen LogP contribution in [0.4, 0.5) is 0 Å². The molecule has 0 saturated carbocycles. The van der Waals surface area contributed by atoms with E-state index in [4.69, 9.17) is 0 Å². The van der Waals surface area contributed by atoms with E-state index in [1.807, 2.05) is 0 Å². The number of hydrogen-bond acceptors (Lipinski definition) is 1. The average molecular weight is 138 g/mol. The van der Waals surface area contributed by atoms with E-state index >= 15 is 0 Å². The summed E-state index contributed by atoms with van der Waals surface area (Å²) in [7, 11) is 0. The van der Waals surface area contributed by atoms with Gasteiger partial charge in [-0.15, -0.1) is 0 Å².